The molecule has 1 heterocycles. The summed E-state index contributed by atoms with van der Waals surface area (Å²) < 4.78 is 0. The molecule has 27 heavy (non-hydrogen) atoms. The molecule has 0 aliphatic heterocycles. The van der Waals surface area contributed by atoms with E-state index in [0.29, 0.717) is 10.6 Å². The van der Waals surface area contributed by atoms with Crippen molar-refractivity contribution in [1.82, 2.24) is 4.98 Å². The highest BCUT2D eigenvalue weighted by atomic mass is 35.5. The summed E-state index contributed by atoms with van der Waals surface area (Å²) in [4.78, 5) is 16.8. The second-order valence-electron chi connectivity index (χ2n) is 6.32. The number of pyridine rings is 1. The van der Waals surface area contributed by atoms with Crippen molar-refractivity contribution < 1.29 is 4.79 Å². The van der Waals surface area contributed by atoms with Gasteiger partial charge in [-0.2, -0.15) is 0 Å². The van der Waals surface area contributed by atoms with E-state index in [1.165, 1.54) is 11.1 Å². The first-order chi connectivity index (χ1) is 13.2. The Kier molecular flexibility index (Phi) is 4.86. The summed E-state index contributed by atoms with van der Waals surface area (Å²) in [6, 6.07) is 23.1. The number of fused-ring (bicyclic) bond motifs is 1. The SMILES string of the molecule is O=C(Nc1ccc(Cc2ccncc2)cc1)c1cccc2c(Cl)cccc12. The van der Waals surface area contributed by atoms with Crippen molar-refractivity contribution in [3.05, 3.63) is 107 Å². The summed E-state index contributed by atoms with van der Waals surface area (Å²) in [7, 11) is 0. The highest BCUT2D eigenvalue weighted by Gasteiger charge is 2.11. The largest absolute Gasteiger partial charge is 0.322 e. The number of aromatic nitrogens is 1. The topological polar surface area (TPSA) is 42.0 Å². The predicted molar refractivity (Wildman–Crippen MR) is 110 cm³/mol. The van der Waals surface area contributed by atoms with Crippen LogP contribution in [0.25, 0.3) is 10.8 Å². The summed E-state index contributed by atoms with van der Waals surface area (Å²) in [5.41, 5.74) is 3.75. The number of nitrogens with zero attached hydrogens (tertiary/aromatic N) is 1. The van der Waals surface area contributed by atoms with Gasteiger partial charge < -0.3 is 5.32 Å². The van der Waals surface area contributed by atoms with E-state index in [0.717, 1.165) is 22.9 Å². The molecule has 0 aliphatic rings. The number of anilines is 1. The predicted octanol–water partition coefficient (Wildman–Crippen LogP) is 5.73. The van der Waals surface area contributed by atoms with Crippen LogP contribution in [0.15, 0.2) is 85.2 Å². The Morgan fingerprint density at radius 2 is 1.48 bits per heavy atom. The number of carbonyl (C=O) groups is 1. The minimum absolute atomic E-state index is 0.148. The second kappa shape index (κ2) is 7.60. The summed E-state index contributed by atoms with van der Waals surface area (Å²) in [6.07, 6.45) is 4.42. The fourth-order valence-electron chi connectivity index (χ4n) is 3.11. The van der Waals surface area contributed by atoms with E-state index in [-0.39, 0.29) is 5.91 Å². The molecule has 0 atom stereocenters. The zero-order chi connectivity index (χ0) is 18.6. The van der Waals surface area contributed by atoms with Gasteiger partial charge in [0.15, 0.2) is 0 Å². The monoisotopic (exact) mass is 372 g/mol. The van der Waals surface area contributed by atoms with Crippen molar-refractivity contribution in [3.8, 4) is 0 Å². The lowest BCUT2D eigenvalue weighted by atomic mass is 10.0. The number of carbonyl (C=O) groups excluding carboxylic acids is 1. The molecule has 1 N–H and O–H groups in total. The van der Waals surface area contributed by atoms with Gasteiger partial charge in [0.2, 0.25) is 0 Å². The highest BCUT2D eigenvalue weighted by Crippen LogP contribution is 2.26. The van der Waals surface area contributed by atoms with Crippen LogP contribution >= 0.6 is 11.6 Å². The van der Waals surface area contributed by atoms with Gasteiger partial charge in [-0.1, -0.05) is 48.0 Å². The average Bonchev–Trinajstić information content (AvgIpc) is 2.70. The molecule has 4 aromatic rings. The standard InChI is InChI=1S/C23H17ClN2O/c24-22-6-2-3-19-20(22)4-1-5-21(19)23(27)26-18-9-7-16(8-10-18)15-17-11-13-25-14-12-17/h1-14H,15H2,(H,26,27). The molecular weight excluding hydrogens is 356 g/mol. The van der Waals surface area contributed by atoms with Crippen LogP contribution in [0.1, 0.15) is 21.5 Å². The summed E-state index contributed by atoms with van der Waals surface area (Å²) >= 11 is 6.24. The van der Waals surface area contributed by atoms with E-state index in [4.69, 9.17) is 11.6 Å². The van der Waals surface area contributed by atoms with E-state index in [2.05, 4.69) is 10.3 Å². The van der Waals surface area contributed by atoms with E-state index >= 15 is 0 Å². The summed E-state index contributed by atoms with van der Waals surface area (Å²) in [6.45, 7) is 0. The first-order valence-corrected chi connectivity index (χ1v) is 9.05. The number of benzene rings is 3. The van der Waals surface area contributed by atoms with E-state index in [1.807, 2.05) is 72.8 Å². The van der Waals surface area contributed by atoms with Gasteiger partial charge in [0.25, 0.3) is 5.91 Å². The molecule has 132 valence electrons. The second-order valence-corrected chi connectivity index (χ2v) is 6.73. The van der Waals surface area contributed by atoms with Gasteiger partial charge in [-0.3, -0.25) is 9.78 Å². The van der Waals surface area contributed by atoms with E-state index in [1.54, 1.807) is 12.4 Å². The van der Waals surface area contributed by atoms with Crippen molar-refractivity contribution >= 4 is 34.0 Å². The van der Waals surface area contributed by atoms with E-state index < -0.39 is 0 Å². The zero-order valence-corrected chi connectivity index (χ0v) is 15.3. The number of amides is 1. The van der Waals surface area contributed by atoms with E-state index in [9.17, 15) is 4.79 Å². The minimum Gasteiger partial charge on any atom is -0.322 e. The summed E-state index contributed by atoms with van der Waals surface area (Å²) in [5.74, 6) is -0.148. The van der Waals surface area contributed by atoms with Gasteiger partial charge in [-0.05, 0) is 59.3 Å². The van der Waals surface area contributed by atoms with Crippen LogP contribution in [-0.4, -0.2) is 10.9 Å². The third-order valence-corrected chi connectivity index (χ3v) is 4.81. The lowest BCUT2D eigenvalue weighted by Crippen LogP contribution is -2.12. The Bertz CT molecular complexity index is 1090. The van der Waals surface area contributed by atoms with Crippen LogP contribution < -0.4 is 5.32 Å². The molecule has 3 aromatic carbocycles. The Morgan fingerprint density at radius 1 is 0.815 bits per heavy atom. The Hall–Kier alpha value is -3.17. The lowest BCUT2D eigenvalue weighted by molar-refractivity contribution is 0.102. The van der Waals surface area contributed by atoms with Crippen LogP contribution in [0, 0.1) is 0 Å². The number of rotatable bonds is 4. The van der Waals surface area contributed by atoms with Crippen LogP contribution in [-0.2, 0) is 6.42 Å². The Labute approximate surface area is 162 Å². The van der Waals surface area contributed by atoms with Crippen LogP contribution in [0.5, 0.6) is 0 Å². The minimum atomic E-state index is -0.148. The molecule has 0 radical (unpaired) electrons. The van der Waals surface area contributed by atoms with Crippen molar-refractivity contribution in [3.63, 3.8) is 0 Å². The molecule has 1 aromatic heterocycles. The highest BCUT2D eigenvalue weighted by molar-refractivity contribution is 6.36. The quantitative estimate of drug-likeness (QED) is 0.497. The maximum absolute atomic E-state index is 12.8. The molecule has 0 fully saturated rings. The van der Waals surface area contributed by atoms with Crippen molar-refractivity contribution in [1.29, 1.82) is 0 Å². The normalized spacial score (nSPS) is 10.7. The number of hydrogen-bond donors (Lipinski definition) is 1. The van der Waals surface area contributed by atoms with Crippen molar-refractivity contribution in [2.75, 3.05) is 5.32 Å². The molecule has 0 saturated heterocycles. The maximum Gasteiger partial charge on any atom is 0.256 e. The third-order valence-electron chi connectivity index (χ3n) is 4.48. The fraction of sp³-hybridized carbons (Fsp3) is 0.0435. The molecule has 0 saturated carbocycles. The van der Waals surface area contributed by atoms with Crippen LogP contribution in [0.3, 0.4) is 0 Å². The van der Waals surface area contributed by atoms with Gasteiger partial charge in [0, 0.05) is 34.1 Å². The maximum atomic E-state index is 12.8. The molecule has 4 rings (SSSR count). The fourth-order valence-corrected chi connectivity index (χ4v) is 3.35. The number of hydrogen-bond acceptors (Lipinski definition) is 2. The number of halogens is 1. The lowest BCUT2D eigenvalue weighted by Gasteiger charge is -2.10. The number of nitrogens with one attached hydrogen (secondary N) is 1. The van der Waals surface area contributed by atoms with Crippen LogP contribution in [0.2, 0.25) is 5.02 Å². The van der Waals surface area contributed by atoms with Crippen molar-refractivity contribution in [2.45, 2.75) is 6.42 Å². The van der Waals surface area contributed by atoms with Gasteiger partial charge >= 0.3 is 0 Å². The smallest absolute Gasteiger partial charge is 0.256 e. The van der Waals surface area contributed by atoms with Gasteiger partial charge in [0.05, 0.1) is 0 Å². The Morgan fingerprint density at radius 3 is 2.26 bits per heavy atom. The van der Waals surface area contributed by atoms with Gasteiger partial charge in [-0.15, -0.1) is 0 Å². The molecule has 0 aliphatic carbocycles. The Balaban J connectivity index is 1.53. The zero-order valence-electron chi connectivity index (χ0n) is 14.5. The average molecular weight is 373 g/mol. The molecule has 3 nitrogen and oxygen atoms in total. The first-order valence-electron chi connectivity index (χ1n) is 8.67. The van der Waals surface area contributed by atoms with Gasteiger partial charge in [-0.25, -0.2) is 0 Å². The third kappa shape index (κ3) is 3.83. The molecule has 4 heteroatoms. The first kappa shape index (κ1) is 17.3. The van der Waals surface area contributed by atoms with Crippen LogP contribution in [0.4, 0.5) is 5.69 Å². The molecule has 0 bridgehead atoms. The molecule has 1 amide bonds. The summed E-state index contributed by atoms with van der Waals surface area (Å²) in [5, 5.41) is 5.33. The van der Waals surface area contributed by atoms with Gasteiger partial charge in [0.1, 0.15) is 0 Å². The molecule has 0 unspecified atom stereocenters. The molecule has 0 spiro atoms. The van der Waals surface area contributed by atoms with Crippen molar-refractivity contribution in [2.24, 2.45) is 0 Å². The molecular formula is C23H17ClN2O.